The molecule has 0 aromatic heterocycles. The second kappa shape index (κ2) is 3.55. The molecular formula is C14H14O2. The van der Waals surface area contributed by atoms with Gasteiger partial charge in [0.25, 0.3) is 0 Å². The first-order chi connectivity index (χ1) is 7.77. The summed E-state index contributed by atoms with van der Waals surface area (Å²) >= 11 is 0. The number of aryl methyl sites for hydroxylation is 2. The molecule has 16 heavy (non-hydrogen) atoms. The summed E-state index contributed by atoms with van der Waals surface area (Å²) in [6, 6.07) is 4.09. The standard InChI is InChI=1S/C14H14O2/c15-11-5-1-3-9-7-8-10-4-2-6-12(16)14(10)13(9)11/h7-8H,1-6H2. The normalized spacial score (nSPS) is 19.2. The summed E-state index contributed by atoms with van der Waals surface area (Å²) < 4.78 is 0. The Morgan fingerprint density at radius 2 is 1.12 bits per heavy atom. The Morgan fingerprint density at radius 1 is 0.688 bits per heavy atom. The maximum absolute atomic E-state index is 12.0. The highest BCUT2D eigenvalue weighted by molar-refractivity contribution is 6.11. The Morgan fingerprint density at radius 3 is 1.56 bits per heavy atom. The van der Waals surface area contributed by atoms with Crippen LogP contribution in [0.15, 0.2) is 12.1 Å². The summed E-state index contributed by atoms with van der Waals surface area (Å²) in [6.45, 7) is 0. The maximum atomic E-state index is 12.0. The van der Waals surface area contributed by atoms with Gasteiger partial charge in [0, 0.05) is 24.0 Å². The lowest BCUT2D eigenvalue weighted by molar-refractivity contribution is 0.0936. The van der Waals surface area contributed by atoms with Gasteiger partial charge in [0.15, 0.2) is 11.6 Å². The number of carbonyl (C=O) groups excluding carboxylic acids is 2. The molecule has 3 rings (SSSR count). The molecule has 0 bridgehead atoms. The molecule has 1 aromatic carbocycles. The average molecular weight is 214 g/mol. The number of hydrogen-bond acceptors (Lipinski definition) is 2. The van der Waals surface area contributed by atoms with E-state index >= 15 is 0 Å². The summed E-state index contributed by atoms with van der Waals surface area (Å²) in [4.78, 5) is 23.9. The quantitative estimate of drug-likeness (QED) is 0.665. The minimum absolute atomic E-state index is 0.174. The van der Waals surface area contributed by atoms with Crippen molar-refractivity contribution in [1.82, 2.24) is 0 Å². The number of rotatable bonds is 0. The predicted octanol–water partition coefficient (Wildman–Crippen LogP) is 2.72. The smallest absolute Gasteiger partial charge is 0.163 e. The molecule has 0 N–H and O–H groups in total. The molecule has 82 valence electrons. The topological polar surface area (TPSA) is 34.1 Å². The van der Waals surface area contributed by atoms with E-state index in [1.165, 1.54) is 0 Å². The molecule has 0 fully saturated rings. The molecule has 0 atom stereocenters. The average Bonchev–Trinajstić information content (AvgIpc) is 2.29. The van der Waals surface area contributed by atoms with Crippen molar-refractivity contribution < 1.29 is 9.59 Å². The van der Waals surface area contributed by atoms with E-state index in [4.69, 9.17) is 0 Å². The Kier molecular flexibility index (Phi) is 2.16. The highest BCUT2D eigenvalue weighted by atomic mass is 16.1. The van der Waals surface area contributed by atoms with Gasteiger partial charge in [-0.1, -0.05) is 12.1 Å². The first-order valence-electron chi connectivity index (χ1n) is 5.98. The van der Waals surface area contributed by atoms with Crippen LogP contribution in [0, 0.1) is 0 Å². The van der Waals surface area contributed by atoms with Crippen molar-refractivity contribution in [3.8, 4) is 0 Å². The Bertz CT molecular complexity index is 441. The van der Waals surface area contributed by atoms with Gasteiger partial charge in [-0.3, -0.25) is 9.59 Å². The number of fused-ring (bicyclic) bond motifs is 3. The molecule has 0 spiro atoms. The molecule has 2 aliphatic carbocycles. The molecule has 0 saturated carbocycles. The Hall–Kier alpha value is -1.44. The molecule has 0 amide bonds. The molecular weight excluding hydrogens is 200 g/mol. The second-order valence-corrected chi connectivity index (χ2v) is 4.69. The van der Waals surface area contributed by atoms with Crippen LogP contribution < -0.4 is 0 Å². The fourth-order valence-corrected chi connectivity index (χ4v) is 2.87. The highest BCUT2D eigenvalue weighted by Crippen LogP contribution is 2.31. The first kappa shape index (κ1) is 9.76. The van der Waals surface area contributed by atoms with E-state index in [1.54, 1.807) is 0 Å². The molecule has 0 heterocycles. The predicted molar refractivity (Wildman–Crippen MR) is 61.0 cm³/mol. The van der Waals surface area contributed by atoms with Crippen LogP contribution in [0.4, 0.5) is 0 Å². The second-order valence-electron chi connectivity index (χ2n) is 4.69. The van der Waals surface area contributed by atoms with Crippen molar-refractivity contribution >= 4 is 11.6 Å². The summed E-state index contributed by atoms with van der Waals surface area (Å²) in [6.07, 6.45) is 4.97. The lowest BCUT2D eigenvalue weighted by atomic mass is 9.79. The molecule has 2 nitrogen and oxygen atoms in total. The van der Waals surface area contributed by atoms with Gasteiger partial charge in [0.2, 0.25) is 0 Å². The summed E-state index contributed by atoms with van der Waals surface area (Å²) in [7, 11) is 0. The zero-order valence-electron chi connectivity index (χ0n) is 9.21. The number of hydrogen-bond donors (Lipinski definition) is 0. The fraction of sp³-hybridized carbons (Fsp3) is 0.429. The third-order valence-corrected chi connectivity index (χ3v) is 3.64. The van der Waals surface area contributed by atoms with Gasteiger partial charge in [0.1, 0.15) is 0 Å². The maximum Gasteiger partial charge on any atom is 0.163 e. The molecule has 0 saturated heterocycles. The molecule has 2 aliphatic rings. The van der Waals surface area contributed by atoms with Crippen LogP contribution in [0.25, 0.3) is 0 Å². The molecule has 1 aromatic rings. The number of ketones is 2. The van der Waals surface area contributed by atoms with Crippen molar-refractivity contribution in [2.24, 2.45) is 0 Å². The van der Waals surface area contributed by atoms with Crippen LogP contribution in [0.1, 0.15) is 57.5 Å². The van der Waals surface area contributed by atoms with Gasteiger partial charge in [-0.05, 0) is 36.8 Å². The van der Waals surface area contributed by atoms with Crippen molar-refractivity contribution in [2.75, 3.05) is 0 Å². The lowest BCUT2D eigenvalue weighted by Crippen LogP contribution is -2.21. The van der Waals surface area contributed by atoms with E-state index in [0.29, 0.717) is 12.8 Å². The van der Waals surface area contributed by atoms with Gasteiger partial charge >= 0.3 is 0 Å². The summed E-state index contributed by atoms with van der Waals surface area (Å²) in [5.41, 5.74) is 3.69. The van der Waals surface area contributed by atoms with Gasteiger partial charge in [-0.2, -0.15) is 0 Å². The summed E-state index contributed by atoms with van der Waals surface area (Å²) in [5.74, 6) is 0.349. The van der Waals surface area contributed by atoms with Crippen LogP contribution in [0.3, 0.4) is 0 Å². The van der Waals surface area contributed by atoms with Gasteiger partial charge in [0.05, 0.1) is 0 Å². The third-order valence-electron chi connectivity index (χ3n) is 3.64. The molecule has 2 heteroatoms. The van der Waals surface area contributed by atoms with Crippen molar-refractivity contribution in [1.29, 1.82) is 0 Å². The van der Waals surface area contributed by atoms with Crippen molar-refractivity contribution in [3.63, 3.8) is 0 Å². The largest absolute Gasteiger partial charge is 0.294 e. The van der Waals surface area contributed by atoms with E-state index in [1.807, 2.05) is 12.1 Å². The number of carbonyl (C=O) groups is 2. The van der Waals surface area contributed by atoms with Crippen molar-refractivity contribution in [2.45, 2.75) is 38.5 Å². The Labute approximate surface area is 94.7 Å². The van der Waals surface area contributed by atoms with Crippen molar-refractivity contribution in [3.05, 3.63) is 34.4 Å². The van der Waals surface area contributed by atoms with E-state index in [9.17, 15) is 9.59 Å². The monoisotopic (exact) mass is 214 g/mol. The SMILES string of the molecule is O=C1CCCc2ccc3c(c21)C(=O)CCC3. The van der Waals surface area contributed by atoms with Crippen LogP contribution in [0.2, 0.25) is 0 Å². The number of Topliss-reactive ketones (excluding diaryl/α,β-unsaturated/α-hetero) is 2. The highest BCUT2D eigenvalue weighted by Gasteiger charge is 2.28. The van der Waals surface area contributed by atoms with Crippen LogP contribution in [0.5, 0.6) is 0 Å². The zero-order valence-corrected chi connectivity index (χ0v) is 9.21. The van der Waals surface area contributed by atoms with E-state index in [-0.39, 0.29) is 11.6 Å². The molecule has 0 unspecified atom stereocenters. The van der Waals surface area contributed by atoms with E-state index in [0.717, 1.165) is 47.9 Å². The molecule has 0 aliphatic heterocycles. The molecule has 0 radical (unpaired) electrons. The van der Waals surface area contributed by atoms with E-state index in [2.05, 4.69) is 0 Å². The van der Waals surface area contributed by atoms with Crippen LogP contribution in [-0.4, -0.2) is 11.6 Å². The minimum Gasteiger partial charge on any atom is -0.294 e. The third kappa shape index (κ3) is 1.33. The van der Waals surface area contributed by atoms with Gasteiger partial charge in [-0.15, -0.1) is 0 Å². The Balaban J connectivity index is 2.27. The van der Waals surface area contributed by atoms with Gasteiger partial charge < -0.3 is 0 Å². The zero-order chi connectivity index (χ0) is 11.1. The fourth-order valence-electron chi connectivity index (χ4n) is 2.87. The first-order valence-corrected chi connectivity index (χ1v) is 5.98. The van der Waals surface area contributed by atoms with Crippen LogP contribution in [-0.2, 0) is 12.8 Å². The number of benzene rings is 1. The lowest BCUT2D eigenvalue weighted by Gasteiger charge is -2.23. The van der Waals surface area contributed by atoms with E-state index < -0.39 is 0 Å². The van der Waals surface area contributed by atoms with Crippen LogP contribution >= 0.6 is 0 Å². The summed E-state index contributed by atoms with van der Waals surface area (Å²) in [5, 5.41) is 0. The van der Waals surface area contributed by atoms with Gasteiger partial charge in [-0.25, -0.2) is 0 Å². The minimum atomic E-state index is 0.174.